The van der Waals surface area contributed by atoms with Crippen LogP contribution in [-0.4, -0.2) is 70.2 Å². The van der Waals surface area contributed by atoms with Gasteiger partial charge in [-0.2, -0.15) is 5.10 Å². The van der Waals surface area contributed by atoms with Gasteiger partial charge in [0.2, 0.25) is 0 Å². The summed E-state index contributed by atoms with van der Waals surface area (Å²) in [6.07, 6.45) is 5.06. The highest BCUT2D eigenvalue weighted by Crippen LogP contribution is 2.20. The monoisotopic (exact) mass is 553 g/mol. The number of urea groups is 1. The summed E-state index contributed by atoms with van der Waals surface area (Å²) in [6.45, 7) is 5.28. The summed E-state index contributed by atoms with van der Waals surface area (Å²) >= 11 is 0. The number of nitrogens with one attached hydrogen (secondary N) is 2. The maximum Gasteiger partial charge on any atom is 0.325 e. The third kappa shape index (κ3) is 5.78. The van der Waals surface area contributed by atoms with Crippen molar-refractivity contribution in [2.24, 2.45) is 4.99 Å². The molecule has 2 heterocycles. The Bertz CT molecular complexity index is 947. The first-order valence-corrected chi connectivity index (χ1v) is 10.5. The molecule has 10 heteroatoms. The van der Waals surface area contributed by atoms with Gasteiger partial charge in [-0.1, -0.05) is 25.1 Å². The lowest BCUT2D eigenvalue weighted by molar-refractivity contribution is -0.130. The number of aromatic nitrogens is 2. The first kappa shape index (κ1) is 25.6. The lowest BCUT2D eigenvalue weighted by Gasteiger charge is -2.22. The Balaban J connectivity index is 0.00000363. The number of hydrogen-bond acceptors (Lipinski definition) is 4. The standard InChI is InChI=1S/C22H31N7O2.HI/c1-5-22(2)19(30)28(21(31)26-22)13-9-12-24-20(23-3)27(4)15-17-14-25-29(16-17)18-10-7-6-8-11-18;/h6-8,10-11,14,16H,5,9,12-13,15H2,1-4H3,(H,23,24)(H,26,31);1H. The van der Waals surface area contributed by atoms with Crippen LogP contribution < -0.4 is 10.6 Å². The maximum atomic E-state index is 12.5. The third-order valence-electron chi connectivity index (χ3n) is 5.54. The van der Waals surface area contributed by atoms with Crippen LogP contribution in [0.3, 0.4) is 0 Å². The molecule has 0 bridgehead atoms. The smallest absolute Gasteiger partial charge is 0.325 e. The second-order valence-corrected chi connectivity index (χ2v) is 7.88. The first-order chi connectivity index (χ1) is 14.9. The van der Waals surface area contributed by atoms with E-state index in [9.17, 15) is 9.59 Å². The van der Waals surface area contributed by atoms with E-state index in [-0.39, 0.29) is 35.9 Å². The molecule has 1 aromatic heterocycles. The molecule has 3 amide bonds. The molecular formula is C22H32IN7O2. The van der Waals surface area contributed by atoms with E-state index in [0.29, 0.717) is 32.5 Å². The van der Waals surface area contributed by atoms with E-state index in [1.807, 2.05) is 66.3 Å². The summed E-state index contributed by atoms with van der Waals surface area (Å²) in [5.41, 5.74) is 1.29. The zero-order valence-corrected chi connectivity index (χ0v) is 21.4. The average molecular weight is 553 g/mol. The fraction of sp³-hybridized carbons (Fsp3) is 0.455. The summed E-state index contributed by atoms with van der Waals surface area (Å²) in [7, 11) is 3.69. The van der Waals surface area contributed by atoms with Crippen LogP contribution in [0.15, 0.2) is 47.7 Å². The van der Waals surface area contributed by atoms with Crippen molar-refractivity contribution in [1.29, 1.82) is 0 Å². The van der Waals surface area contributed by atoms with Gasteiger partial charge in [0, 0.05) is 45.5 Å². The molecule has 3 rings (SSSR count). The SMILES string of the molecule is CCC1(C)NC(=O)N(CCCNC(=NC)N(C)Cc2cnn(-c3ccccc3)c2)C1=O.I. The molecule has 1 aliphatic rings. The minimum absolute atomic E-state index is 0. The zero-order valence-electron chi connectivity index (χ0n) is 19.0. The van der Waals surface area contributed by atoms with Gasteiger partial charge in [0.1, 0.15) is 5.54 Å². The van der Waals surface area contributed by atoms with Crippen molar-refractivity contribution >= 4 is 41.9 Å². The number of carbonyl (C=O) groups is 2. The number of benzene rings is 1. The molecule has 0 spiro atoms. The van der Waals surface area contributed by atoms with E-state index < -0.39 is 5.54 Å². The Morgan fingerprint density at radius 3 is 2.62 bits per heavy atom. The molecule has 1 unspecified atom stereocenters. The normalized spacial score (nSPS) is 18.4. The van der Waals surface area contributed by atoms with Crippen molar-refractivity contribution in [1.82, 2.24) is 30.2 Å². The van der Waals surface area contributed by atoms with Crippen molar-refractivity contribution in [3.8, 4) is 5.69 Å². The summed E-state index contributed by atoms with van der Waals surface area (Å²) in [6, 6.07) is 9.65. The summed E-state index contributed by atoms with van der Waals surface area (Å²) in [5, 5.41) is 10.5. The van der Waals surface area contributed by atoms with Gasteiger partial charge >= 0.3 is 6.03 Å². The van der Waals surface area contributed by atoms with Gasteiger partial charge in [-0.25, -0.2) is 9.48 Å². The minimum Gasteiger partial charge on any atom is -0.356 e. The van der Waals surface area contributed by atoms with Crippen LogP contribution in [0.1, 0.15) is 32.3 Å². The summed E-state index contributed by atoms with van der Waals surface area (Å²) < 4.78 is 1.85. The van der Waals surface area contributed by atoms with Gasteiger partial charge < -0.3 is 15.5 Å². The second-order valence-electron chi connectivity index (χ2n) is 7.88. The van der Waals surface area contributed by atoms with Crippen LogP contribution >= 0.6 is 24.0 Å². The van der Waals surface area contributed by atoms with Crippen molar-refractivity contribution < 1.29 is 9.59 Å². The molecule has 1 fully saturated rings. The molecule has 1 aliphatic heterocycles. The average Bonchev–Trinajstić information content (AvgIpc) is 3.32. The fourth-order valence-corrected chi connectivity index (χ4v) is 3.52. The Kier molecular flexibility index (Phi) is 9.05. The predicted octanol–water partition coefficient (Wildman–Crippen LogP) is 2.61. The number of carbonyl (C=O) groups excluding carboxylic acids is 2. The molecule has 0 aliphatic carbocycles. The van der Waals surface area contributed by atoms with E-state index >= 15 is 0 Å². The van der Waals surface area contributed by atoms with Gasteiger partial charge in [0.25, 0.3) is 5.91 Å². The fourth-order valence-electron chi connectivity index (χ4n) is 3.52. The number of hydrogen-bond donors (Lipinski definition) is 2. The molecule has 32 heavy (non-hydrogen) atoms. The second kappa shape index (κ2) is 11.3. The van der Waals surface area contributed by atoms with Crippen molar-refractivity contribution in [3.05, 3.63) is 48.3 Å². The Labute approximate surface area is 206 Å². The molecule has 0 radical (unpaired) electrons. The molecule has 1 aromatic carbocycles. The molecule has 9 nitrogen and oxygen atoms in total. The van der Waals surface area contributed by atoms with Gasteiger partial charge in [0.05, 0.1) is 11.9 Å². The van der Waals surface area contributed by atoms with Crippen LogP contribution in [0, 0.1) is 0 Å². The number of imide groups is 1. The number of halogens is 1. The van der Waals surface area contributed by atoms with Crippen LogP contribution in [0.2, 0.25) is 0 Å². The molecule has 2 N–H and O–H groups in total. The number of rotatable bonds is 8. The number of guanidine groups is 1. The number of nitrogens with zero attached hydrogens (tertiary/aromatic N) is 5. The van der Waals surface area contributed by atoms with E-state index in [1.165, 1.54) is 4.90 Å². The highest BCUT2D eigenvalue weighted by atomic mass is 127. The minimum atomic E-state index is -0.787. The van der Waals surface area contributed by atoms with Gasteiger partial charge in [-0.05, 0) is 31.9 Å². The van der Waals surface area contributed by atoms with E-state index in [4.69, 9.17) is 0 Å². The maximum absolute atomic E-state index is 12.5. The van der Waals surface area contributed by atoms with Crippen LogP contribution in [-0.2, 0) is 11.3 Å². The molecule has 2 aromatic rings. The van der Waals surface area contributed by atoms with E-state index in [2.05, 4.69) is 20.7 Å². The lowest BCUT2D eigenvalue weighted by Crippen LogP contribution is -2.43. The number of aliphatic imine (C=N–C) groups is 1. The molecule has 174 valence electrons. The molecular weight excluding hydrogens is 521 g/mol. The largest absolute Gasteiger partial charge is 0.356 e. The number of amides is 3. The zero-order chi connectivity index (χ0) is 22.4. The van der Waals surface area contributed by atoms with E-state index in [0.717, 1.165) is 17.2 Å². The highest BCUT2D eigenvalue weighted by molar-refractivity contribution is 14.0. The Morgan fingerprint density at radius 2 is 2.00 bits per heavy atom. The Hall–Kier alpha value is -2.63. The first-order valence-electron chi connectivity index (χ1n) is 10.5. The number of para-hydroxylation sites is 1. The molecule has 1 atom stereocenters. The molecule has 1 saturated heterocycles. The van der Waals surface area contributed by atoms with Crippen LogP contribution in [0.4, 0.5) is 4.79 Å². The molecule has 0 saturated carbocycles. The highest BCUT2D eigenvalue weighted by Gasteiger charge is 2.45. The van der Waals surface area contributed by atoms with E-state index in [1.54, 1.807) is 14.0 Å². The quantitative estimate of drug-likeness (QED) is 0.172. The van der Waals surface area contributed by atoms with Crippen LogP contribution in [0.25, 0.3) is 5.69 Å². The predicted molar refractivity (Wildman–Crippen MR) is 135 cm³/mol. The Morgan fingerprint density at radius 1 is 1.28 bits per heavy atom. The van der Waals surface area contributed by atoms with Crippen molar-refractivity contribution in [3.63, 3.8) is 0 Å². The summed E-state index contributed by atoms with van der Waals surface area (Å²) in [5.74, 6) is 0.583. The third-order valence-corrected chi connectivity index (χ3v) is 5.54. The lowest BCUT2D eigenvalue weighted by atomic mass is 9.99. The van der Waals surface area contributed by atoms with Crippen molar-refractivity contribution in [2.75, 3.05) is 27.2 Å². The topological polar surface area (TPSA) is 94.9 Å². The van der Waals surface area contributed by atoms with Gasteiger partial charge in [0.15, 0.2) is 5.96 Å². The van der Waals surface area contributed by atoms with Crippen LogP contribution in [0.5, 0.6) is 0 Å². The summed E-state index contributed by atoms with van der Waals surface area (Å²) in [4.78, 5) is 32.2. The van der Waals surface area contributed by atoms with Gasteiger partial charge in [-0.3, -0.25) is 14.7 Å². The van der Waals surface area contributed by atoms with Gasteiger partial charge in [-0.15, -0.1) is 24.0 Å². The van der Waals surface area contributed by atoms with Crippen molar-refractivity contribution in [2.45, 2.75) is 38.8 Å².